The van der Waals surface area contributed by atoms with E-state index in [0.717, 1.165) is 0 Å². The first-order valence-electron chi connectivity index (χ1n) is 6.66. The van der Waals surface area contributed by atoms with Crippen LogP contribution in [0, 0.1) is 0 Å². The average Bonchev–Trinajstić information content (AvgIpc) is 2.45. The highest BCUT2D eigenvalue weighted by Gasteiger charge is 2.18. The van der Waals surface area contributed by atoms with Gasteiger partial charge in [0.25, 0.3) is 0 Å². The van der Waals surface area contributed by atoms with Gasteiger partial charge in [0.05, 0.1) is 15.9 Å². The lowest BCUT2D eigenvalue weighted by Gasteiger charge is -2.15. The van der Waals surface area contributed by atoms with E-state index < -0.39 is 21.1 Å². The molecule has 3 N–H and O–H groups in total. The topological polar surface area (TPSA) is 112 Å². The molecule has 0 spiro atoms. The lowest BCUT2D eigenvalue weighted by molar-refractivity contribution is 0.530. The molecule has 1 aromatic carbocycles. The summed E-state index contributed by atoms with van der Waals surface area (Å²) in [5.74, 6) is 0. The molecule has 2 rings (SSSR count). The molecule has 0 aliphatic carbocycles. The zero-order valence-electron chi connectivity index (χ0n) is 11.8. The minimum Gasteiger partial charge on any atom is -0.316 e. The summed E-state index contributed by atoms with van der Waals surface area (Å²) in [6.45, 7) is 3.80. The van der Waals surface area contributed by atoms with Gasteiger partial charge >= 0.3 is 11.1 Å². The van der Waals surface area contributed by atoms with Crippen molar-refractivity contribution in [2.45, 2.75) is 37.6 Å². The summed E-state index contributed by atoms with van der Waals surface area (Å²) in [5.41, 5.74) is -0.939. The Hall–Kier alpha value is -1.93. The van der Waals surface area contributed by atoms with E-state index in [-0.39, 0.29) is 16.5 Å². The van der Waals surface area contributed by atoms with Gasteiger partial charge in [-0.05, 0) is 31.0 Å². The van der Waals surface area contributed by atoms with Crippen LogP contribution in [0.2, 0.25) is 0 Å². The van der Waals surface area contributed by atoms with Crippen LogP contribution in [-0.2, 0) is 10.0 Å². The van der Waals surface area contributed by atoms with Crippen LogP contribution in [0.5, 0.6) is 0 Å². The minimum absolute atomic E-state index is 0.0459. The molecular weight excluding hydrogens is 294 g/mol. The van der Waals surface area contributed by atoms with Crippen LogP contribution in [0.1, 0.15) is 26.7 Å². The third-order valence-corrected chi connectivity index (χ3v) is 4.83. The zero-order valence-corrected chi connectivity index (χ0v) is 12.6. The molecule has 0 aliphatic heterocycles. The summed E-state index contributed by atoms with van der Waals surface area (Å²) in [4.78, 5) is 27.3. The van der Waals surface area contributed by atoms with Gasteiger partial charge in [-0.1, -0.05) is 13.8 Å². The van der Waals surface area contributed by atoms with Crippen molar-refractivity contribution >= 4 is 21.1 Å². The largest absolute Gasteiger partial charge is 0.316 e. The third-order valence-electron chi connectivity index (χ3n) is 3.31. The fourth-order valence-corrected chi connectivity index (χ4v) is 3.43. The van der Waals surface area contributed by atoms with Gasteiger partial charge in [0.15, 0.2) is 0 Å². The van der Waals surface area contributed by atoms with Crippen LogP contribution in [0.25, 0.3) is 11.0 Å². The molecule has 21 heavy (non-hydrogen) atoms. The Morgan fingerprint density at radius 2 is 1.62 bits per heavy atom. The Kier molecular flexibility index (Phi) is 4.29. The van der Waals surface area contributed by atoms with E-state index in [4.69, 9.17) is 0 Å². The van der Waals surface area contributed by atoms with Gasteiger partial charge in [0.2, 0.25) is 10.0 Å². The Bertz CT molecular complexity index is 863. The van der Waals surface area contributed by atoms with Crippen LogP contribution in [0.3, 0.4) is 0 Å². The first kappa shape index (κ1) is 15.5. The van der Waals surface area contributed by atoms with Crippen LogP contribution in [0.4, 0.5) is 0 Å². The van der Waals surface area contributed by atoms with Crippen molar-refractivity contribution in [2.24, 2.45) is 0 Å². The van der Waals surface area contributed by atoms with Crippen molar-refractivity contribution in [3.63, 3.8) is 0 Å². The Balaban J connectivity index is 2.49. The number of benzene rings is 1. The van der Waals surface area contributed by atoms with E-state index in [9.17, 15) is 18.0 Å². The van der Waals surface area contributed by atoms with E-state index in [2.05, 4.69) is 14.7 Å². The minimum atomic E-state index is -3.66. The van der Waals surface area contributed by atoms with Crippen molar-refractivity contribution in [3.05, 3.63) is 38.9 Å². The molecular formula is C13H17N3O4S. The number of hydrogen-bond acceptors (Lipinski definition) is 4. The summed E-state index contributed by atoms with van der Waals surface area (Å²) in [6.07, 6.45) is 1.38. The van der Waals surface area contributed by atoms with Crippen LogP contribution < -0.4 is 15.8 Å². The van der Waals surface area contributed by atoms with E-state index in [1.165, 1.54) is 18.2 Å². The van der Waals surface area contributed by atoms with Crippen molar-refractivity contribution in [1.29, 1.82) is 0 Å². The lowest BCUT2D eigenvalue weighted by atomic mass is 10.2. The fourth-order valence-electron chi connectivity index (χ4n) is 2.00. The Labute approximate surface area is 121 Å². The maximum absolute atomic E-state index is 12.3. The molecule has 0 radical (unpaired) electrons. The van der Waals surface area contributed by atoms with Gasteiger partial charge in [-0.25, -0.2) is 13.1 Å². The second-order valence-corrected chi connectivity index (χ2v) is 6.46. The third kappa shape index (κ3) is 3.22. The van der Waals surface area contributed by atoms with E-state index in [1.807, 2.05) is 13.8 Å². The maximum Gasteiger partial charge on any atom is 0.314 e. The van der Waals surface area contributed by atoms with Gasteiger partial charge in [-0.2, -0.15) is 0 Å². The molecule has 0 aliphatic rings. The smallest absolute Gasteiger partial charge is 0.314 e. The summed E-state index contributed by atoms with van der Waals surface area (Å²) < 4.78 is 27.2. The summed E-state index contributed by atoms with van der Waals surface area (Å²) in [6, 6.07) is 4.03. The molecule has 0 atom stereocenters. The maximum atomic E-state index is 12.3. The number of aromatic nitrogens is 2. The molecule has 114 valence electrons. The SMILES string of the molecule is CCC(CC)NS(=O)(=O)c1ccc2[nH]c(=O)c(=O)[nH]c2c1. The van der Waals surface area contributed by atoms with Crippen LogP contribution >= 0.6 is 0 Å². The predicted molar refractivity (Wildman–Crippen MR) is 79.9 cm³/mol. The second-order valence-electron chi connectivity index (χ2n) is 4.75. The molecule has 0 bridgehead atoms. The Morgan fingerprint density at radius 1 is 1.05 bits per heavy atom. The number of aromatic amines is 2. The molecule has 0 saturated carbocycles. The van der Waals surface area contributed by atoms with Crippen molar-refractivity contribution in [2.75, 3.05) is 0 Å². The van der Waals surface area contributed by atoms with E-state index in [0.29, 0.717) is 18.4 Å². The highest BCUT2D eigenvalue weighted by Crippen LogP contribution is 2.15. The highest BCUT2D eigenvalue weighted by molar-refractivity contribution is 7.89. The lowest BCUT2D eigenvalue weighted by Crippen LogP contribution is -2.34. The van der Waals surface area contributed by atoms with Crippen molar-refractivity contribution < 1.29 is 8.42 Å². The van der Waals surface area contributed by atoms with Crippen LogP contribution in [0.15, 0.2) is 32.7 Å². The molecule has 0 amide bonds. The quantitative estimate of drug-likeness (QED) is 0.705. The Morgan fingerprint density at radius 3 is 2.19 bits per heavy atom. The fraction of sp³-hybridized carbons (Fsp3) is 0.385. The summed E-state index contributed by atoms with van der Waals surface area (Å²) >= 11 is 0. The number of sulfonamides is 1. The highest BCUT2D eigenvalue weighted by atomic mass is 32.2. The van der Waals surface area contributed by atoms with E-state index in [1.54, 1.807) is 0 Å². The normalized spacial score (nSPS) is 12.1. The molecule has 2 aromatic rings. The molecule has 1 aromatic heterocycles. The van der Waals surface area contributed by atoms with Gasteiger partial charge in [-0.3, -0.25) is 9.59 Å². The summed E-state index contributed by atoms with van der Waals surface area (Å²) in [7, 11) is -3.66. The van der Waals surface area contributed by atoms with Gasteiger partial charge in [0, 0.05) is 6.04 Å². The van der Waals surface area contributed by atoms with Gasteiger partial charge in [0.1, 0.15) is 0 Å². The molecule has 0 unspecified atom stereocenters. The number of hydrogen-bond donors (Lipinski definition) is 3. The van der Waals surface area contributed by atoms with Gasteiger partial charge in [-0.15, -0.1) is 0 Å². The van der Waals surface area contributed by atoms with Gasteiger partial charge < -0.3 is 9.97 Å². The first-order chi connectivity index (χ1) is 9.87. The number of rotatable bonds is 5. The molecule has 0 saturated heterocycles. The standard InChI is InChI=1S/C13H17N3O4S/c1-3-8(4-2)16-21(19,20)9-5-6-10-11(7-9)15-13(18)12(17)14-10/h5-8,16H,3-4H2,1-2H3,(H,14,17)(H,15,18). The first-order valence-corrected chi connectivity index (χ1v) is 8.14. The number of H-pyrrole nitrogens is 2. The predicted octanol–water partition coefficient (Wildman–Crippen LogP) is 0.683. The second kappa shape index (κ2) is 5.82. The zero-order chi connectivity index (χ0) is 15.6. The molecule has 0 fully saturated rings. The summed E-state index contributed by atoms with van der Waals surface area (Å²) in [5, 5.41) is 0. The molecule has 8 heteroatoms. The molecule has 1 heterocycles. The number of nitrogens with one attached hydrogen (secondary N) is 3. The van der Waals surface area contributed by atoms with Crippen molar-refractivity contribution in [3.8, 4) is 0 Å². The molecule has 7 nitrogen and oxygen atoms in total. The van der Waals surface area contributed by atoms with E-state index >= 15 is 0 Å². The monoisotopic (exact) mass is 311 g/mol. The number of fused-ring (bicyclic) bond motifs is 1. The van der Waals surface area contributed by atoms with Crippen molar-refractivity contribution in [1.82, 2.24) is 14.7 Å². The van der Waals surface area contributed by atoms with Crippen LogP contribution in [-0.4, -0.2) is 24.4 Å². The average molecular weight is 311 g/mol.